The van der Waals surface area contributed by atoms with Gasteiger partial charge in [-0.05, 0) is 25.3 Å². The molecule has 0 saturated carbocycles. The molecule has 2 N–H and O–H groups in total. The largest absolute Gasteiger partial charge is 0.392 e. The molecule has 0 aliphatic rings. The molecular formula is C14H31NO. The lowest BCUT2D eigenvalue weighted by Crippen LogP contribution is -2.28. The summed E-state index contributed by atoms with van der Waals surface area (Å²) in [6, 6.07) is 0. The lowest BCUT2D eigenvalue weighted by atomic mass is 10.1. The highest BCUT2D eigenvalue weighted by Gasteiger charge is 2.05. The topological polar surface area (TPSA) is 32.3 Å². The van der Waals surface area contributed by atoms with Gasteiger partial charge in [0, 0.05) is 6.54 Å². The Kier molecular flexibility index (Phi) is 11.3. The molecule has 0 aliphatic carbocycles. The zero-order chi connectivity index (χ0) is 12.2. The lowest BCUT2D eigenvalue weighted by molar-refractivity contribution is 0.146. The highest BCUT2D eigenvalue weighted by Crippen LogP contribution is 2.05. The predicted molar refractivity (Wildman–Crippen MR) is 71.7 cm³/mol. The summed E-state index contributed by atoms with van der Waals surface area (Å²) in [4.78, 5) is 0. The van der Waals surface area contributed by atoms with Crippen molar-refractivity contribution in [1.82, 2.24) is 5.32 Å². The minimum atomic E-state index is -0.167. The van der Waals surface area contributed by atoms with Crippen LogP contribution in [0.2, 0.25) is 0 Å². The normalized spacial score (nSPS) is 13.3. The van der Waals surface area contributed by atoms with Gasteiger partial charge in [-0.3, -0.25) is 0 Å². The quantitative estimate of drug-likeness (QED) is 0.533. The molecule has 1 unspecified atom stereocenters. The second kappa shape index (κ2) is 11.4. The van der Waals surface area contributed by atoms with E-state index in [2.05, 4.69) is 26.1 Å². The van der Waals surface area contributed by atoms with Crippen LogP contribution in [0.4, 0.5) is 0 Å². The van der Waals surface area contributed by atoms with Crippen molar-refractivity contribution in [2.75, 3.05) is 13.1 Å². The lowest BCUT2D eigenvalue weighted by Gasteiger charge is -2.13. The van der Waals surface area contributed by atoms with Gasteiger partial charge >= 0.3 is 0 Å². The fourth-order valence-electron chi connectivity index (χ4n) is 1.93. The van der Waals surface area contributed by atoms with E-state index in [1.165, 1.54) is 38.5 Å². The molecule has 1 atom stereocenters. The number of aliphatic hydroxyl groups is 1. The highest BCUT2D eigenvalue weighted by atomic mass is 16.3. The second-order valence-corrected chi connectivity index (χ2v) is 5.26. The van der Waals surface area contributed by atoms with Gasteiger partial charge in [0.1, 0.15) is 0 Å². The molecular weight excluding hydrogens is 198 g/mol. The molecule has 0 rings (SSSR count). The molecule has 0 heterocycles. The van der Waals surface area contributed by atoms with Gasteiger partial charge in [0.05, 0.1) is 6.10 Å². The van der Waals surface area contributed by atoms with E-state index in [0.29, 0.717) is 5.92 Å². The number of aliphatic hydroxyl groups excluding tert-OH is 1. The van der Waals surface area contributed by atoms with Crippen LogP contribution in [0.3, 0.4) is 0 Å². The van der Waals surface area contributed by atoms with Crippen LogP contribution in [0.1, 0.15) is 65.7 Å². The standard InChI is InChI=1S/C14H31NO/c1-4-5-6-7-8-9-10-15-12-14(16)11-13(2)3/h13-16H,4-12H2,1-3H3. The minimum Gasteiger partial charge on any atom is -0.392 e. The van der Waals surface area contributed by atoms with E-state index >= 15 is 0 Å². The van der Waals surface area contributed by atoms with Crippen molar-refractivity contribution < 1.29 is 5.11 Å². The van der Waals surface area contributed by atoms with Crippen LogP contribution >= 0.6 is 0 Å². The highest BCUT2D eigenvalue weighted by molar-refractivity contribution is 4.61. The van der Waals surface area contributed by atoms with E-state index in [0.717, 1.165) is 19.5 Å². The fraction of sp³-hybridized carbons (Fsp3) is 1.00. The number of nitrogens with one attached hydrogen (secondary N) is 1. The Morgan fingerprint density at radius 1 is 1.00 bits per heavy atom. The Morgan fingerprint density at radius 3 is 2.25 bits per heavy atom. The summed E-state index contributed by atoms with van der Waals surface area (Å²) in [7, 11) is 0. The molecule has 0 saturated heterocycles. The van der Waals surface area contributed by atoms with Crippen LogP contribution in [0.5, 0.6) is 0 Å². The van der Waals surface area contributed by atoms with Gasteiger partial charge in [-0.15, -0.1) is 0 Å². The molecule has 0 amide bonds. The number of rotatable bonds is 11. The SMILES string of the molecule is CCCCCCCCNCC(O)CC(C)C. The summed E-state index contributed by atoms with van der Waals surface area (Å²) < 4.78 is 0. The van der Waals surface area contributed by atoms with Gasteiger partial charge in [0.25, 0.3) is 0 Å². The maximum atomic E-state index is 9.63. The maximum Gasteiger partial charge on any atom is 0.0667 e. The second-order valence-electron chi connectivity index (χ2n) is 5.26. The van der Waals surface area contributed by atoms with E-state index < -0.39 is 0 Å². The van der Waals surface area contributed by atoms with Crippen molar-refractivity contribution in [2.45, 2.75) is 71.8 Å². The molecule has 2 nitrogen and oxygen atoms in total. The average Bonchev–Trinajstić information content (AvgIpc) is 2.21. The third kappa shape index (κ3) is 12.0. The van der Waals surface area contributed by atoms with Crippen LogP contribution in [0.15, 0.2) is 0 Å². The van der Waals surface area contributed by atoms with Crippen molar-refractivity contribution in [3.05, 3.63) is 0 Å². The van der Waals surface area contributed by atoms with Crippen LogP contribution < -0.4 is 5.32 Å². The summed E-state index contributed by atoms with van der Waals surface area (Å²) in [5.74, 6) is 0.589. The van der Waals surface area contributed by atoms with E-state index in [1.54, 1.807) is 0 Å². The molecule has 0 spiro atoms. The first kappa shape index (κ1) is 15.9. The third-order valence-electron chi connectivity index (χ3n) is 2.83. The van der Waals surface area contributed by atoms with Gasteiger partial charge in [0.15, 0.2) is 0 Å². The van der Waals surface area contributed by atoms with Gasteiger partial charge in [-0.25, -0.2) is 0 Å². The predicted octanol–water partition coefficient (Wildman–Crippen LogP) is 3.34. The fourth-order valence-corrected chi connectivity index (χ4v) is 1.93. The smallest absolute Gasteiger partial charge is 0.0667 e. The summed E-state index contributed by atoms with van der Waals surface area (Å²) in [6.07, 6.45) is 8.76. The van der Waals surface area contributed by atoms with E-state index in [9.17, 15) is 5.11 Å². The number of hydrogen-bond donors (Lipinski definition) is 2. The van der Waals surface area contributed by atoms with Crippen molar-refractivity contribution in [1.29, 1.82) is 0 Å². The van der Waals surface area contributed by atoms with Gasteiger partial charge in [0.2, 0.25) is 0 Å². The average molecular weight is 229 g/mol. The number of hydrogen-bond acceptors (Lipinski definition) is 2. The molecule has 0 fully saturated rings. The van der Waals surface area contributed by atoms with Crippen LogP contribution in [0, 0.1) is 5.92 Å². The Balaban J connectivity index is 3.08. The Bertz CT molecular complexity index is 137. The van der Waals surface area contributed by atoms with E-state index in [4.69, 9.17) is 0 Å². The Morgan fingerprint density at radius 2 is 1.62 bits per heavy atom. The van der Waals surface area contributed by atoms with Gasteiger partial charge in [-0.2, -0.15) is 0 Å². The van der Waals surface area contributed by atoms with Crippen LogP contribution in [-0.2, 0) is 0 Å². The summed E-state index contributed by atoms with van der Waals surface area (Å²) in [6.45, 7) is 8.36. The first-order valence-corrected chi connectivity index (χ1v) is 7.05. The molecule has 98 valence electrons. The molecule has 0 aromatic heterocycles. The molecule has 0 aromatic rings. The monoisotopic (exact) mass is 229 g/mol. The molecule has 0 aliphatic heterocycles. The third-order valence-corrected chi connectivity index (χ3v) is 2.83. The van der Waals surface area contributed by atoms with Crippen molar-refractivity contribution in [3.63, 3.8) is 0 Å². The summed E-state index contributed by atoms with van der Waals surface area (Å²) >= 11 is 0. The molecule has 0 bridgehead atoms. The zero-order valence-electron chi connectivity index (χ0n) is 11.5. The van der Waals surface area contributed by atoms with Gasteiger partial charge < -0.3 is 10.4 Å². The Labute approximate surface area is 102 Å². The van der Waals surface area contributed by atoms with Gasteiger partial charge in [-0.1, -0.05) is 52.9 Å². The first-order valence-electron chi connectivity index (χ1n) is 7.05. The first-order chi connectivity index (χ1) is 7.66. The van der Waals surface area contributed by atoms with Crippen LogP contribution in [0.25, 0.3) is 0 Å². The zero-order valence-corrected chi connectivity index (χ0v) is 11.5. The van der Waals surface area contributed by atoms with Crippen molar-refractivity contribution >= 4 is 0 Å². The van der Waals surface area contributed by atoms with E-state index in [-0.39, 0.29) is 6.10 Å². The van der Waals surface area contributed by atoms with E-state index in [1.807, 2.05) is 0 Å². The van der Waals surface area contributed by atoms with Crippen LogP contribution in [-0.4, -0.2) is 24.3 Å². The molecule has 0 radical (unpaired) electrons. The maximum absolute atomic E-state index is 9.63. The molecule has 2 heteroatoms. The molecule has 16 heavy (non-hydrogen) atoms. The molecule has 0 aromatic carbocycles. The van der Waals surface area contributed by atoms with Crippen molar-refractivity contribution in [2.24, 2.45) is 5.92 Å². The summed E-state index contributed by atoms with van der Waals surface area (Å²) in [5, 5.41) is 13.0. The Hall–Kier alpha value is -0.0800. The van der Waals surface area contributed by atoms with Crippen molar-refractivity contribution in [3.8, 4) is 0 Å². The number of unbranched alkanes of at least 4 members (excludes halogenated alkanes) is 5. The minimum absolute atomic E-state index is 0.167. The summed E-state index contributed by atoms with van der Waals surface area (Å²) in [5.41, 5.74) is 0.